The summed E-state index contributed by atoms with van der Waals surface area (Å²) in [6.07, 6.45) is 3.24. The molecule has 0 radical (unpaired) electrons. The van der Waals surface area contributed by atoms with E-state index in [1.165, 1.54) is 0 Å². The number of carbonyl (C=O) groups excluding carboxylic acids is 2. The van der Waals surface area contributed by atoms with Gasteiger partial charge >= 0.3 is 0 Å². The smallest absolute Gasteiger partial charge is 0.274 e. The van der Waals surface area contributed by atoms with Crippen molar-refractivity contribution in [1.82, 2.24) is 24.6 Å². The number of aliphatic hydroxyl groups excluding tert-OH is 1. The number of aryl methyl sites for hydroxylation is 2. The lowest BCUT2D eigenvalue weighted by Gasteiger charge is -2.42. The topological polar surface area (TPSA) is 144 Å². The van der Waals surface area contributed by atoms with Gasteiger partial charge < -0.3 is 26.4 Å². The molecule has 2 aromatic heterocycles. The fraction of sp³-hybridized carbons (Fsp3) is 0.524. The summed E-state index contributed by atoms with van der Waals surface area (Å²) in [6.45, 7) is 4.00. The van der Waals surface area contributed by atoms with Crippen molar-refractivity contribution in [2.45, 2.75) is 19.8 Å². The zero-order valence-corrected chi connectivity index (χ0v) is 17.9. The number of pyridine rings is 1. The standard InChI is InChI=1S/C21H29N7O3/c1-13-9-26(2)25-17(13)20(31)28-10-14(11-29)21(12-28)5-7-27(8-6-21)19(30)16-4-3-15(22)18(23)24-16/h3-4,9,14,29H,5-8,10-12,22H2,1-2H3,(H2,23,24). The molecule has 2 amide bonds. The van der Waals surface area contributed by atoms with Gasteiger partial charge in [-0.2, -0.15) is 5.10 Å². The number of nitrogens with zero attached hydrogens (tertiary/aromatic N) is 5. The van der Waals surface area contributed by atoms with Crippen LogP contribution in [0.4, 0.5) is 11.5 Å². The second kappa shape index (κ2) is 7.84. The quantitative estimate of drug-likeness (QED) is 0.638. The Labute approximate surface area is 180 Å². The summed E-state index contributed by atoms with van der Waals surface area (Å²) in [7, 11) is 1.79. The monoisotopic (exact) mass is 427 g/mol. The zero-order chi connectivity index (χ0) is 22.3. The molecule has 5 N–H and O–H groups in total. The lowest BCUT2D eigenvalue weighted by molar-refractivity contribution is 0.0392. The molecule has 1 atom stereocenters. The van der Waals surface area contributed by atoms with Gasteiger partial charge in [-0.15, -0.1) is 0 Å². The van der Waals surface area contributed by atoms with Crippen LogP contribution in [0.5, 0.6) is 0 Å². The van der Waals surface area contributed by atoms with Crippen molar-refractivity contribution >= 4 is 23.3 Å². The largest absolute Gasteiger partial charge is 0.396 e. The normalized spacial score (nSPS) is 20.4. The van der Waals surface area contributed by atoms with Crippen LogP contribution in [0.15, 0.2) is 18.3 Å². The number of aliphatic hydroxyl groups is 1. The first-order chi connectivity index (χ1) is 14.7. The van der Waals surface area contributed by atoms with Crippen LogP contribution in [0.1, 0.15) is 39.4 Å². The Bertz CT molecular complexity index is 1010. The average Bonchev–Trinajstić information content (AvgIpc) is 3.28. The number of nitrogen functional groups attached to an aromatic ring is 2. The zero-order valence-electron chi connectivity index (χ0n) is 17.9. The van der Waals surface area contributed by atoms with Crippen LogP contribution in [0.2, 0.25) is 0 Å². The Kier molecular flexibility index (Phi) is 5.34. The molecule has 10 nitrogen and oxygen atoms in total. The number of hydrogen-bond donors (Lipinski definition) is 3. The highest BCUT2D eigenvalue weighted by Crippen LogP contribution is 2.45. The summed E-state index contributed by atoms with van der Waals surface area (Å²) in [5.74, 6) is -0.164. The van der Waals surface area contributed by atoms with Crippen molar-refractivity contribution in [2.75, 3.05) is 44.3 Å². The minimum atomic E-state index is -0.211. The fourth-order valence-corrected chi connectivity index (χ4v) is 4.90. The molecule has 2 fully saturated rings. The number of carbonyl (C=O) groups is 2. The average molecular weight is 428 g/mol. The van der Waals surface area contributed by atoms with E-state index in [0.29, 0.717) is 50.4 Å². The number of piperidine rings is 1. The van der Waals surface area contributed by atoms with E-state index in [4.69, 9.17) is 11.5 Å². The molecule has 0 aromatic carbocycles. The maximum Gasteiger partial charge on any atom is 0.274 e. The van der Waals surface area contributed by atoms with E-state index >= 15 is 0 Å². The predicted molar refractivity (Wildman–Crippen MR) is 115 cm³/mol. The maximum absolute atomic E-state index is 13.1. The van der Waals surface area contributed by atoms with Crippen molar-refractivity contribution in [3.63, 3.8) is 0 Å². The Balaban J connectivity index is 1.46. The molecule has 4 heterocycles. The Morgan fingerprint density at radius 1 is 1.19 bits per heavy atom. The van der Waals surface area contributed by atoms with Crippen LogP contribution < -0.4 is 11.5 Å². The SMILES string of the molecule is Cc1cn(C)nc1C(=O)N1CC(CO)C2(CCN(C(=O)c3ccc(N)c(N)n3)CC2)C1. The lowest BCUT2D eigenvalue weighted by Crippen LogP contribution is -2.47. The molecular formula is C21H29N7O3. The van der Waals surface area contributed by atoms with Crippen molar-refractivity contribution < 1.29 is 14.7 Å². The van der Waals surface area contributed by atoms with E-state index < -0.39 is 0 Å². The summed E-state index contributed by atoms with van der Waals surface area (Å²) in [5.41, 5.74) is 13.1. The molecule has 10 heteroatoms. The van der Waals surface area contributed by atoms with Crippen LogP contribution in [-0.2, 0) is 7.05 Å². The van der Waals surface area contributed by atoms with Crippen molar-refractivity contribution in [3.05, 3.63) is 35.3 Å². The minimum absolute atomic E-state index is 0.00891. The first-order valence-electron chi connectivity index (χ1n) is 10.5. The van der Waals surface area contributed by atoms with Gasteiger partial charge in [0, 0.05) is 57.5 Å². The molecule has 0 saturated carbocycles. The van der Waals surface area contributed by atoms with Gasteiger partial charge in [0.05, 0.1) is 5.69 Å². The van der Waals surface area contributed by atoms with Gasteiger partial charge in [-0.05, 0) is 37.3 Å². The number of likely N-dealkylation sites (tertiary alicyclic amines) is 2. The van der Waals surface area contributed by atoms with E-state index in [9.17, 15) is 14.7 Å². The molecule has 2 aliphatic rings. The third kappa shape index (κ3) is 3.71. The van der Waals surface area contributed by atoms with E-state index in [2.05, 4.69) is 10.1 Å². The summed E-state index contributed by atoms with van der Waals surface area (Å²) in [6, 6.07) is 3.17. The number of rotatable bonds is 3. The Morgan fingerprint density at radius 3 is 2.48 bits per heavy atom. The molecule has 31 heavy (non-hydrogen) atoms. The number of hydrogen-bond acceptors (Lipinski definition) is 7. The van der Waals surface area contributed by atoms with Gasteiger partial charge in [0.15, 0.2) is 5.69 Å². The third-order valence-electron chi connectivity index (χ3n) is 6.76. The Morgan fingerprint density at radius 2 is 1.90 bits per heavy atom. The van der Waals surface area contributed by atoms with Crippen LogP contribution in [0.25, 0.3) is 0 Å². The Hall–Kier alpha value is -3.14. The van der Waals surface area contributed by atoms with E-state index in [1.807, 2.05) is 13.1 Å². The molecular weight excluding hydrogens is 398 g/mol. The molecule has 0 bridgehead atoms. The van der Waals surface area contributed by atoms with E-state index in [-0.39, 0.29) is 41.3 Å². The highest BCUT2D eigenvalue weighted by Gasteiger charge is 2.49. The van der Waals surface area contributed by atoms with Gasteiger partial charge in [0.25, 0.3) is 11.8 Å². The van der Waals surface area contributed by atoms with Crippen LogP contribution >= 0.6 is 0 Å². The second-order valence-electron chi connectivity index (χ2n) is 8.73. The number of aromatic nitrogens is 3. The number of anilines is 2. The molecule has 166 valence electrons. The molecule has 1 unspecified atom stereocenters. The minimum Gasteiger partial charge on any atom is -0.396 e. The van der Waals surface area contributed by atoms with Gasteiger partial charge in [-0.3, -0.25) is 14.3 Å². The second-order valence-corrected chi connectivity index (χ2v) is 8.73. The van der Waals surface area contributed by atoms with Crippen LogP contribution in [-0.4, -0.2) is 74.3 Å². The van der Waals surface area contributed by atoms with Crippen LogP contribution in [0, 0.1) is 18.3 Å². The summed E-state index contributed by atoms with van der Waals surface area (Å²) in [5, 5.41) is 14.4. The summed E-state index contributed by atoms with van der Waals surface area (Å²) in [4.78, 5) is 33.6. The van der Waals surface area contributed by atoms with Gasteiger partial charge in [-0.1, -0.05) is 0 Å². The van der Waals surface area contributed by atoms with Crippen LogP contribution in [0.3, 0.4) is 0 Å². The molecule has 1 spiro atoms. The predicted octanol–water partition coefficient (Wildman–Crippen LogP) is 0.275. The molecule has 2 aliphatic heterocycles. The first-order valence-corrected chi connectivity index (χ1v) is 10.5. The summed E-state index contributed by atoms with van der Waals surface area (Å²) < 4.78 is 1.64. The summed E-state index contributed by atoms with van der Waals surface area (Å²) >= 11 is 0. The molecule has 0 aliphatic carbocycles. The molecule has 4 rings (SSSR count). The van der Waals surface area contributed by atoms with Crippen molar-refractivity contribution in [1.29, 1.82) is 0 Å². The molecule has 2 aromatic rings. The number of nitrogens with two attached hydrogens (primary N) is 2. The number of amides is 2. The highest BCUT2D eigenvalue weighted by atomic mass is 16.3. The molecule has 2 saturated heterocycles. The van der Waals surface area contributed by atoms with Gasteiger partial charge in [0.2, 0.25) is 0 Å². The van der Waals surface area contributed by atoms with Gasteiger partial charge in [0.1, 0.15) is 11.5 Å². The van der Waals surface area contributed by atoms with E-state index in [0.717, 1.165) is 5.56 Å². The fourth-order valence-electron chi connectivity index (χ4n) is 4.90. The first kappa shape index (κ1) is 21.1. The highest BCUT2D eigenvalue weighted by molar-refractivity contribution is 5.94. The lowest BCUT2D eigenvalue weighted by atomic mass is 9.71. The maximum atomic E-state index is 13.1. The van der Waals surface area contributed by atoms with Crippen molar-refractivity contribution in [2.24, 2.45) is 18.4 Å². The van der Waals surface area contributed by atoms with E-state index in [1.54, 1.807) is 33.7 Å². The van der Waals surface area contributed by atoms with Crippen molar-refractivity contribution in [3.8, 4) is 0 Å². The van der Waals surface area contributed by atoms with Gasteiger partial charge in [-0.25, -0.2) is 4.98 Å². The third-order valence-corrected chi connectivity index (χ3v) is 6.76.